The molecule has 0 spiro atoms. The second-order valence-electron chi connectivity index (χ2n) is 5.90. The first-order chi connectivity index (χ1) is 12.4. The van der Waals surface area contributed by atoms with Gasteiger partial charge < -0.3 is 9.72 Å². The number of hydrogen-bond donors (Lipinski definition) is 2. The number of H-pyrrole nitrogens is 1. The van der Waals surface area contributed by atoms with E-state index in [-0.39, 0.29) is 17.0 Å². The number of methoxy groups -OCH3 is 1. The summed E-state index contributed by atoms with van der Waals surface area (Å²) in [7, 11) is -2.13. The van der Waals surface area contributed by atoms with Gasteiger partial charge in [0.1, 0.15) is 5.75 Å². The molecule has 1 aromatic heterocycles. The molecular formula is C19H20N2O4S. The van der Waals surface area contributed by atoms with Crippen LogP contribution in [0.3, 0.4) is 0 Å². The van der Waals surface area contributed by atoms with Crippen LogP contribution in [-0.4, -0.2) is 20.5 Å². The number of aromatic nitrogens is 1. The Bertz CT molecular complexity index is 1090. The van der Waals surface area contributed by atoms with Crippen molar-refractivity contribution in [1.82, 2.24) is 9.71 Å². The average molecular weight is 372 g/mol. The molecule has 0 aliphatic heterocycles. The Hall–Kier alpha value is -2.64. The maximum absolute atomic E-state index is 12.4. The third-order valence-corrected chi connectivity index (χ3v) is 5.64. The molecule has 26 heavy (non-hydrogen) atoms. The summed E-state index contributed by atoms with van der Waals surface area (Å²) in [6.07, 6.45) is 0.837. The fourth-order valence-electron chi connectivity index (χ4n) is 2.65. The molecule has 136 valence electrons. The zero-order chi connectivity index (χ0) is 18.7. The minimum atomic E-state index is -3.69. The summed E-state index contributed by atoms with van der Waals surface area (Å²) in [6, 6.07) is 13.6. The maximum Gasteiger partial charge on any atom is 0.252 e. The summed E-state index contributed by atoms with van der Waals surface area (Å²) >= 11 is 0. The largest absolute Gasteiger partial charge is 0.497 e. The predicted octanol–water partition coefficient (Wildman–Crippen LogP) is 2.58. The smallest absolute Gasteiger partial charge is 0.252 e. The van der Waals surface area contributed by atoms with Crippen molar-refractivity contribution in [2.75, 3.05) is 7.11 Å². The second-order valence-corrected chi connectivity index (χ2v) is 7.67. The maximum atomic E-state index is 12.4. The Morgan fingerprint density at radius 1 is 1.08 bits per heavy atom. The van der Waals surface area contributed by atoms with Crippen LogP contribution in [0.1, 0.15) is 18.1 Å². The molecule has 7 heteroatoms. The summed E-state index contributed by atoms with van der Waals surface area (Å²) in [5.74, 6) is 0.659. The highest BCUT2D eigenvalue weighted by molar-refractivity contribution is 7.89. The molecule has 0 saturated carbocycles. The van der Waals surface area contributed by atoms with Gasteiger partial charge in [0.15, 0.2) is 0 Å². The highest BCUT2D eigenvalue weighted by atomic mass is 32.2. The first kappa shape index (κ1) is 18.2. The van der Waals surface area contributed by atoms with Crippen molar-refractivity contribution >= 4 is 20.9 Å². The molecule has 3 rings (SSSR count). The second kappa shape index (κ2) is 7.31. The summed E-state index contributed by atoms with van der Waals surface area (Å²) in [5.41, 5.74) is 1.73. The summed E-state index contributed by atoms with van der Waals surface area (Å²) in [5, 5.41) is 0.769. The minimum Gasteiger partial charge on any atom is -0.497 e. The van der Waals surface area contributed by atoms with Crippen molar-refractivity contribution in [3.05, 3.63) is 70.0 Å². The molecule has 1 heterocycles. The van der Waals surface area contributed by atoms with Gasteiger partial charge in [-0.2, -0.15) is 0 Å². The van der Waals surface area contributed by atoms with Crippen molar-refractivity contribution in [1.29, 1.82) is 0 Å². The van der Waals surface area contributed by atoms with Crippen molar-refractivity contribution < 1.29 is 13.2 Å². The zero-order valence-corrected chi connectivity index (χ0v) is 15.4. The number of fused-ring (bicyclic) bond motifs is 1. The van der Waals surface area contributed by atoms with Gasteiger partial charge in [0.05, 0.1) is 12.0 Å². The van der Waals surface area contributed by atoms with Gasteiger partial charge >= 0.3 is 0 Å². The van der Waals surface area contributed by atoms with Gasteiger partial charge in [-0.15, -0.1) is 0 Å². The Morgan fingerprint density at radius 3 is 2.46 bits per heavy atom. The topological polar surface area (TPSA) is 88.3 Å². The normalized spacial score (nSPS) is 11.6. The summed E-state index contributed by atoms with van der Waals surface area (Å²) in [4.78, 5) is 15.1. The third-order valence-electron chi connectivity index (χ3n) is 4.22. The first-order valence-corrected chi connectivity index (χ1v) is 9.70. The number of pyridine rings is 1. The van der Waals surface area contributed by atoms with E-state index in [2.05, 4.69) is 9.71 Å². The number of ether oxygens (including phenoxy) is 1. The van der Waals surface area contributed by atoms with Gasteiger partial charge in [0.2, 0.25) is 10.0 Å². The lowest BCUT2D eigenvalue weighted by atomic mass is 10.1. The van der Waals surface area contributed by atoms with E-state index in [1.165, 1.54) is 0 Å². The molecule has 0 bridgehead atoms. The van der Waals surface area contributed by atoms with Gasteiger partial charge in [0, 0.05) is 23.0 Å². The van der Waals surface area contributed by atoms with Crippen LogP contribution < -0.4 is 15.0 Å². The minimum absolute atomic E-state index is 0.0969. The molecule has 0 fully saturated rings. The lowest BCUT2D eigenvalue weighted by Gasteiger charge is -2.08. The average Bonchev–Trinajstić information content (AvgIpc) is 2.66. The van der Waals surface area contributed by atoms with E-state index in [1.54, 1.807) is 55.6 Å². The number of benzene rings is 2. The van der Waals surface area contributed by atoms with Gasteiger partial charge in [0.25, 0.3) is 5.56 Å². The molecular weight excluding hydrogens is 352 g/mol. The summed E-state index contributed by atoms with van der Waals surface area (Å²) < 4.78 is 32.5. The molecule has 0 saturated heterocycles. The van der Waals surface area contributed by atoms with E-state index in [1.807, 2.05) is 6.92 Å². The van der Waals surface area contributed by atoms with Crippen LogP contribution >= 0.6 is 0 Å². The highest BCUT2D eigenvalue weighted by Crippen LogP contribution is 2.19. The van der Waals surface area contributed by atoms with E-state index >= 15 is 0 Å². The fourth-order valence-corrected chi connectivity index (χ4v) is 3.66. The predicted molar refractivity (Wildman–Crippen MR) is 101 cm³/mol. The van der Waals surface area contributed by atoms with Crippen LogP contribution in [0.25, 0.3) is 10.9 Å². The standard InChI is InChI=1S/C19H20N2O4S/c1-3-13-4-7-17(8-5-13)26(23,24)20-12-15-10-14-11-16(25-2)6-9-18(14)21-19(15)22/h4-11,20H,3,12H2,1-2H3,(H,21,22). The van der Waals surface area contributed by atoms with Crippen LogP contribution in [0, 0.1) is 0 Å². The molecule has 0 atom stereocenters. The van der Waals surface area contributed by atoms with Gasteiger partial charge in [-0.05, 0) is 48.4 Å². The van der Waals surface area contributed by atoms with Gasteiger partial charge in [-0.1, -0.05) is 19.1 Å². The Labute approximate surface area is 151 Å². The van der Waals surface area contributed by atoms with E-state index in [9.17, 15) is 13.2 Å². The highest BCUT2D eigenvalue weighted by Gasteiger charge is 2.15. The van der Waals surface area contributed by atoms with Gasteiger partial charge in [-0.3, -0.25) is 4.79 Å². The van der Waals surface area contributed by atoms with Crippen LogP contribution in [0.2, 0.25) is 0 Å². The number of nitrogens with one attached hydrogen (secondary N) is 2. The Morgan fingerprint density at radius 2 is 1.81 bits per heavy atom. The number of rotatable bonds is 6. The molecule has 3 aromatic rings. The molecule has 2 aromatic carbocycles. The number of aromatic amines is 1. The number of sulfonamides is 1. The van der Waals surface area contributed by atoms with Gasteiger partial charge in [-0.25, -0.2) is 13.1 Å². The lowest BCUT2D eigenvalue weighted by molar-refractivity contribution is 0.415. The number of hydrogen-bond acceptors (Lipinski definition) is 4. The fraction of sp³-hybridized carbons (Fsp3) is 0.211. The zero-order valence-electron chi connectivity index (χ0n) is 14.6. The Kier molecular flexibility index (Phi) is 5.11. The van der Waals surface area contributed by atoms with E-state index in [0.29, 0.717) is 16.8 Å². The monoisotopic (exact) mass is 372 g/mol. The molecule has 0 aliphatic carbocycles. The third kappa shape index (κ3) is 3.79. The summed E-state index contributed by atoms with van der Waals surface area (Å²) in [6.45, 7) is 1.91. The lowest BCUT2D eigenvalue weighted by Crippen LogP contribution is -2.27. The van der Waals surface area contributed by atoms with Crippen molar-refractivity contribution in [2.24, 2.45) is 0 Å². The first-order valence-electron chi connectivity index (χ1n) is 8.21. The van der Waals surface area contributed by atoms with Crippen molar-refractivity contribution in [3.63, 3.8) is 0 Å². The van der Waals surface area contributed by atoms with Crippen LogP contribution in [0.4, 0.5) is 0 Å². The number of aryl methyl sites for hydroxylation is 1. The van der Waals surface area contributed by atoms with Crippen LogP contribution in [0.5, 0.6) is 5.75 Å². The van der Waals surface area contributed by atoms with Crippen molar-refractivity contribution in [2.45, 2.75) is 24.8 Å². The van der Waals surface area contributed by atoms with Crippen LogP contribution in [0.15, 0.2) is 58.2 Å². The van der Waals surface area contributed by atoms with E-state index in [4.69, 9.17) is 4.74 Å². The van der Waals surface area contributed by atoms with E-state index < -0.39 is 10.0 Å². The molecule has 0 radical (unpaired) electrons. The molecule has 6 nitrogen and oxygen atoms in total. The SMILES string of the molecule is CCc1ccc(S(=O)(=O)NCc2cc3cc(OC)ccc3[nH]c2=O)cc1. The van der Waals surface area contributed by atoms with Crippen molar-refractivity contribution in [3.8, 4) is 5.75 Å². The molecule has 0 aliphatic rings. The molecule has 2 N–H and O–H groups in total. The molecule has 0 amide bonds. The molecule has 0 unspecified atom stereocenters. The van der Waals surface area contributed by atoms with E-state index in [0.717, 1.165) is 17.4 Å². The quantitative estimate of drug-likeness (QED) is 0.696. The van der Waals surface area contributed by atoms with Crippen LogP contribution in [-0.2, 0) is 23.0 Å². The Balaban J connectivity index is 1.85.